The second-order valence-electron chi connectivity index (χ2n) is 4.99. The molecule has 0 fully saturated rings. The van der Waals surface area contributed by atoms with Crippen molar-refractivity contribution < 1.29 is 27.8 Å². The Morgan fingerprint density at radius 1 is 1.59 bits per heavy atom. The molecule has 0 aromatic carbocycles. The lowest BCUT2D eigenvalue weighted by molar-refractivity contribution is -0.992. The lowest BCUT2D eigenvalue weighted by Crippen LogP contribution is -2.46. The van der Waals surface area contributed by atoms with Crippen molar-refractivity contribution in [2.45, 2.75) is 39.8 Å². The molecule has 1 aliphatic rings. The van der Waals surface area contributed by atoms with Crippen LogP contribution >= 0.6 is 7.82 Å². The van der Waals surface area contributed by atoms with Crippen LogP contribution in [0.4, 0.5) is 0 Å². The Kier molecular flexibility index (Phi) is 4.16. The molecule has 6 nitrogen and oxygen atoms in total. The summed E-state index contributed by atoms with van der Waals surface area (Å²) in [6, 6.07) is 0.263. The molecular weight excluding hydrogens is 243 g/mol. The summed E-state index contributed by atoms with van der Waals surface area (Å²) in [7, 11) is -0.320. The SMILES string of the molecule is CC1=[N+](C)C(C)C[N+]1(C)OP(=O)(O)OC(C)C. The number of nitrogens with zero attached hydrogens (tertiary/aromatic N) is 2. The fraction of sp³-hybridized carbons (Fsp3) is 0.900. The van der Waals surface area contributed by atoms with Gasteiger partial charge in [-0.15, -0.1) is 0 Å². The van der Waals surface area contributed by atoms with E-state index in [-0.39, 0.29) is 16.8 Å². The number of phosphoric acid groups is 1. The van der Waals surface area contributed by atoms with E-state index in [1.807, 2.05) is 25.5 Å². The second kappa shape index (κ2) is 4.78. The van der Waals surface area contributed by atoms with E-state index < -0.39 is 7.82 Å². The molecule has 1 heterocycles. The van der Waals surface area contributed by atoms with Crippen molar-refractivity contribution >= 4 is 13.7 Å². The highest BCUT2D eigenvalue weighted by molar-refractivity contribution is 7.47. The van der Waals surface area contributed by atoms with Gasteiger partial charge in [0.25, 0.3) is 0 Å². The summed E-state index contributed by atoms with van der Waals surface area (Å²) in [5.41, 5.74) is 0. The van der Waals surface area contributed by atoms with Crippen molar-refractivity contribution in [2.75, 3.05) is 20.6 Å². The van der Waals surface area contributed by atoms with E-state index >= 15 is 0 Å². The molecule has 1 N–H and O–H groups in total. The first-order valence-corrected chi connectivity index (χ1v) is 7.22. The first-order valence-electron chi connectivity index (χ1n) is 5.72. The monoisotopic (exact) mass is 266 g/mol. The molecule has 0 bridgehead atoms. The molecule has 0 aromatic rings. The summed E-state index contributed by atoms with van der Waals surface area (Å²) in [4.78, 5) is 9.66. The quantitative estimate of drug-likeness (QED) is 0.474. The van der Waals surface area contributed by atoms with Crippen LogP contribution in [0.2, 0.25) is 0 Å². The number of amidine groups is 1. The third-order valence-corrected chi connectivity index (χ3v) is 4.35. The molecule has 17 heavy (non-hydrogen) atoms. The Labute approximate surface area is 103 Å². The van der Waals surface area contributed by atoms with Crippen molar-refractivity contribution in [2.24, 2.45) is 0 Å². The van der Waals surface area contributed by atoms with Crippen molar-refractivity contribution in [3.63, 3.8) is 0 Å². The maximum atomic E-state index is 11.8. The lowest BCUT2D eigenvalue weighted by atomic mass is 10.3. The van der Waals surface area contributed by atoms with E-state index in [0.29, 0.717) is 6.54 Å². The third kappa shape index (κ3) is 3.36. The zero-order chi connectivity index (χ0) is 13.4. The Balaban J connectivity index is 2.86. The van der Waals surface area contributed by atoms with E-state index in [0.717, 1.165) is 5.84 Å². The van der Waals surface area contributed by atoms with E-state index in [9.17, 15) is 9.46 Å². The van der Waals surface area contributed by atoms with Gasteiger partial charge in [0, 0.05) is 6.92 Å². The van der Waals surface area contributed by atoms with Crippen LogP contribution in [-0.2, 0) is 13.7 Å². The van der Waals surface area contributed by atoms with Crippen LogP contribution in [0.15, 0.2) is 0 Å². The third-order valence-electron chi connectivity index (χ3n) is 3.10. The maximum absolute atomic E-state index is 11.8. The van der Waals surface area contributed by atoms with Crippen molar-refractivity contribution in [3.05, 3.63) is 0 Å². The molecule has 100 valence electrons. The lowest BCUT2D eigenvalue weighted by Gasteiger charge is -2.24. The molecule has 0 radical (unpaired) electrons. The van der Waals surface area contributed by atoms with E-state index in [2.05, 4.69) is 0 Å². The van der Waals surface area contributed by atoms with E-state index in [4.69, 9.17) is 9.15 Å². The Hall–Kier alpha value is -0.260. The van der Waals surface area contributed by atoms with Crippen molar-refractivity contribution in [3.8, 4) is 0 Å². The minimum absolute atomic E-state index is 0.0157. The number of hydroxylamine groups is 3. The Morgan fingerprint density at radius 2 is 2.12 bits per heavy atom. The van der Waals surface area contributed by atoms with Gasteiger partial charge in [-0.2, -0.15) is 4.58 Å². The van der Waals surface area contributed by atoms with Gasteiger partial charge in [-0.25, -0.2) is 4.57 Å². The van der Waals surface area contributed by atoms with Gasteiger partial charge in [0.1, 0.15) is 14.1 Å². The second-order valence-corrected chi connectivity index (χ2v) is 6.31. The summed E-state index contributed by atoms with van der Waals surface area (Å²) in [6.07, 6.45) is -0.351. The zero-order valence-electron chi connectivity index (χ0n) is 11.4. The predicted molar refractivity (Wildman–Crippen MR) is 64.5 cm³/mol. The van der Waals surface area contributed by atoms with E-state index in [1.54, 1.807) is 20.9 Å². The van der Waals surface area contributed by atoms with Crippen LogP contribution in [0.25, 0.3) is 0 Å². The molecule has 7 heteroatoms. The van der Waals surface area contributed by atoms with Gasteiger partial charge in [0.05, 0.1) is 13.0 Å². The number of phosphoric ester groups is 1. The summed E-state index contributed by atoms with van der Waals surface area (Å²) in [5.74, 6) is 0.888. The minimum Gasteiger partial charge on any atom is -0.299 e. The molecule has 0 spiro atoms. The molecule has 0 aliphatic carbocycles. The fourth-order valence-electron chi connectivity index (χ4n) is 2.02. The Morgan fingerprint density at radius 3 is 2.47 bits per heavy atom. The van der Waals surface area contributed by atoms with Gasteiger partial charge in [-0.05, 0) is 13.8 Å². The molecular formula is C10H23N2O4P+2. The topological polar surface area (TPSA) is 58.8 Å². The smallest absolute Gasteiger partial charge is 0.299 e. The normalized spacial score (nSPS) is 33.3. The molecule has 0 amide bonds. The predicted octanol–water partition coefficient (Wildman–Crippen LogP) is 1.35. The van der Waals surface area contributed by atoms with Gasteiger partial charge in [0.15, 0.2) is 6.54 Å². The van der Waals surface area contributed by atoms with E-state index in [1.165, 1.54) is 0 Å². The summed E-state index contributed by atoms with van der Waals surface area (Å²) in [5, 5.41) is 0. The standard InChI is InChI=1S/C10H22N2O4P/c1-8(2)15-17(13,14)16-12(6)7-9(3)11(5)10(12)4/h8-9H,7H2,1-6H3/q+1/p+1. The highest BCUT2D eigenvalue weighted by atomic mass is 31.2. The van der Waals surface area contributed by atoms with Crippen LogP contribution in [0.5, 0.6) is 0 Å². The first-order chi connectivity index (χ1) is 7.57. The molecule has 0 aromatic heterocycles. The fourth-order valence-corrected chi connectivity index (χ4v) is 3.23. The van der Waals surface area contributed by atoms with Crippen LogP contribution in [0.3, 0.4) is 0 Å². The minimum atomic E-state index is -4.03. The van der Waals surface area contributed by atoms with Crippen molar-refractivity contribution in [1.82, 2.24) is 0 Å². The van der Waals surface area contributed by atoms with Gasteiger partial charge >= 0.3 is 13.7 Å². The maximum Gasteiger partial charge on any atom is 0.519 e. The number of hydrogen-bond acceptors (Lipinski definition) is 3. The average Bonchev–Trinajstić information content (AvgIpc) is 2.26. The molecule has 1 aliphatic heterocycles. The van der Waals surface area contributed by atoms with Crippen LogP contribution in [-0.4, -0.2) is 52.7 Å². The molecule has 0 saturated heterocycles. The zero-order valence-corrected chi connectivity index (χ0v) is 12.3. The summed E-state index contributed by atoms with van der Waals surface area (Å²) in [6.45, 7) is 7.94. The highest BCUT2D eigenvalue weighted by Crippen LogP contribution is 2.48. The molecule has 1 rings (SSSR count). The summed E-state index contributed by atoms with van der Waals surface area (Å²) >= 11 is 0. The molecule has 3 unspecified atom stereocenters. The number of rotatable bonds is 4. The van der Waals surface area contributed by atoms with Crippen LogP contribution < -0.4 is 0 Å². The summed E-state index contributed by atoms with van der Waals surface area (Å²) < 4.78 is 24.1. The van der Waals surface area contributed by atoms with Crippen LogP contribution in [0, 0.1) is 0 Å². The average molecular weight is 266 g/mol. The van der Waals surface area contributed by atoms with Gasteiger partial charge in [0.2, 0.25) is 6.04 Å². The number of likely N-dealkylation sites (N-methyl/N-ethyl adjacent to an activating group) is 2. The number of hydrogen-bond donors (Lipinski definition) is 1. The van der Waals surface area contributed by atoms with Gasteiger partial charge in [-0.3, -0.25) is 9.42 Å². The van der Waals surface area contributed by atoms with Gasteiger partial charge in [-0.1, -0.05) is 9.27 Å². The molecule has 0 saturated carbocycles. The first kappa shape index (κ1) is 14.8. The van der Waals surface area contributed by atoms with Gasteiger partial charge < -0.3 is 0 Å². The number of quaternary nitrogens is 1. The Bertz CT molecular complexity index is 383. The van der Waals surface area contributed by atoms with Crippen LogP contribution in [0.1, 0.15) is 27.7 Å². The highest BCUT2D eigenvalue weighted by Gasteiger charge is 2.51. The largest absolute Gasteiger partial charge is 0.519 e. The van der Waals surface area contributed by atoms with Crippen molar-refractivity contribution in [1.29, 1.82) is 0 Å². The molecule has 3 atom stereocenters.